The molecule has 3 aromatic rings. The van der Waals surface area contributed by atoms with E-state index in [-0.39, 0.29) is 0 Å². The third-order valence-corrected chi connectivity index (χ3v) is 3.76. The summed E-state index contributed by atoms with van der Waals surface area (Å²) >= 11 is 3.48. The molecule has 0 saturated heterocycles. The van der Waals surface area contributed by atoms with Crippen LogP contribution in [0.2, 0.25) is 0 Å². The van der Waals surface area contributed by atoms with Crippen molar-refractivity contribution in [3.05, 3.63) is 59.1 Å². The molecule has 0 unspecified atom stereocenters. The van der Waals surface area contributed by atoms with E-state index < -0.39 is 0 Å². The molecule has 2 N–H and O–H groups in total. The fourth-order valence-electron chi connectivity index (χ4n) is 2.20. The zero-order valence-corrected chi connectivity index (χ0v) is 12.6. The molecule has 0 aliphatic rings. The summed E-state index contributed by atoms with van der Waals surface area (Å²) in [5.74, 6) is 1.54. The lowest BCUT2D eigenvalue weighted by Crippen LogP contribution is -1.98. The normalized spacial score (nSPS) is 10.7. The number of nitrogens with two attached hydrogens (primary N) is 1. The summed E-state index contributed by atoms with van der Waals surface area (Å²) < 4.78 is 2.94. The number of anilines is 1. The van der Waals surface area contributed by atoms with E-state index in [4.69, 9.17) is 10.7 Å². The number of nitrogens with zero attached hydrogens (tertiary/aromatic N) is 2. The molecule has 1 heterocycles. The summed E-state index contributed by atoms with van der Waals surface area (Å²) in [4.78, 5) is 4.71. The van der Waals surface area contributed by atoms with Gasteiger partial charge in [0.2, 0.25) is 0 Å². The van der Waals surface area contributed by atoms with Crippen molar-refractivity contribution in [3.63, 3.8) is 0 Å². The Morgan fingerprint density at radius 1 is 1.00 bits per heavy atom. The topological polar surface area (TPSA) is 43.8 Å². The van der Waals surface area contributed by atoms with Gasteiger partial charge in [-0.1, -0.05) is 58.4 Å². The lowest BCUT2D eigenvalue weighted by molar-refractivity contribution is 0.937. The van der Waals surface area contributed by atoms with E-state index in [1.165, 1.54) is 0 Å². The second kappa shape index (κ2) is 5.13. The van der Waals surface area contributed by atoms with Crippen LogP contribution in [0.1, 0.15) is 0 Å². The number of imidazole rings is 1. The predicted molar refractivity (Wildman–Crippen MR) is 86.2 cm³/mol. The van der Waals surface area contributed by atoms with Crippen LogP contribution in [0.3, 0.4) is 0 Å². The molecule has 0 bridgehead atoms. The number of nitrogen functional groups attached to an aromatic ring is 1. The Labute approximate surface area is 126 Å². The van der Waals surface area contributed by atoms with Crippen molar-refractivity contribution in [3.8, 4) is 22.6 Å². The van der Waals surface area contributed by atoms with Crippen LogP contribution in [0.4, 0.5) is 5.82 Å². The monoisotopic (exact) mass is 327 g/mol. The van der Waals surface area contributed by atoms with Gasteiger partial charge in [0, 0.05) is 22.6 Å². The molecule has 0 aliphatic carbocycles. The van der Waals surface area contributed by atoms with Crippen LogP contribution in [0, 0.1) is 0 Å². The lowest BCUT2D eigenvalue weighted by Gasteiger charge is -2.02. The first-order chi connectivity index (χ1) is 9.66. The highest BCUT2D eigenvalue weighted by Crippen LogP contribution is 2.31. The molecular formula is C16H14BrN3. The fourth-order valence-corrected chi connectivity index (χ4v) is 2.60. The Kier molecular flexibility index (Phi) is 3.32. The minimum atomic E-state index is 0.668. The van der Waals surface area contributed by atoms with Gasteiger partial charge >= 0.3 is 0 Å². The van der Waals surface area contributed by atoms with E-state index in [9.17, 15) is 0 Å². The molecule has 0 atom stereocenters. The predicted octanol–water partition coefficient (Wildman–Crippen LogP) is 4.10. The van der Waals surface area contributed by atoms with E-state index in [0.29, 0.717) is 5.82 Å². The Balaban J connectivity index is 2.16. The number of halogens is 1. The molecule has 0 aliphatic heterocycles. The van der Waals surface area contributed by atoms with Crippen LogP contribution in [0.5, 0.6) is 0 Å². The average molecular weight is 328 g/mol. The quantitative estimate of drug-likeness (QED) is 0.770. The Morgan fingerprint density at radius 2 is 1.70 bits per heavy atom. The maximum absolute atomic E-state index is 6.21. The number of hydrogen-bond acceptors (Lipinski definition) is 2. The van der Waals surface area contributed by atoms with Crippen molar-refractivity contribution in [1.29, 1.82) is 0 Å². The zero-order chi connectivity index (χ0) is 14.1. The summed E-state index contributed by atoms with van der Waals surface area (Å²) in [6.07, 6.45) is 0. The first-order valence-corrected chi connectivity index (χ1v) is 7.09. The fraction of sp³-hybridized carbons (Fsp3) is 0.0625. The van der Waals surface area contributed by atoms with Gasteiger partial charge in [0.1, 0.15) is 17.3 Å². The van der Waals surface area contributed by atoms with Gasteiger partial charge in [-0.05, 0) is 12.1 Å². The molecule has 3 nitrogen and oxygen atoms in total. The first-order valence-electron chi connectivity index (χ1n) is 6.30. The molecule has 3 rings (SSSR count). The van der Waals surface area contributed by atoms with Crippen LogP contribution in [-0.2, 0) is 7.05 Å². The van der Waals surface area contributed by atoms with E-state index in [1.807, 2.05) is 66.2 Å². The molecule has 0 saturated carbocycles. The van der Waals surface area contributed by atoms with Crippen molar-refractivity contribution >= 4 is 21.7 Å². The SMILES string of the molecule is Cn1c(-c2ccccc2)nc(-c2cccc(Br)c2)c1N. The Morgan fingerprint density at radius 3 is 2.40 bits per heavy atom. The highest BCUT2D eigenvalue weighted by molar-refractivity contribution is 9.10. The Hall–Kier alpha value is -2.07. The van der Waals surface area contributed by atoms with E-state index in [2.05, 4.69) is 15.9 Å². The van der Waals surface area contributed by atoms with Crippen LogP contribution < -0.4 is 5.73 Å². The molecule has 1 aromatic heterocycles. The van der Waals surface area contributed by atoms with Crippen LogP contribution in [0.25, 0.3) is 22.6 Å². The van der Waals surface area contributed by atoms with Crippen molar-refractivity contribution < 1.29 is 0 Å². The first kappa shape index (κ1) is 12.9. The second-order valence-electron chi connectivity index (χ2n) is 4.60. The average Bonchev–Trinajstić information content (AvgIpc) is 2.76. The maximum atomic E-state index is 6.21. The van der Waals surface area contributed by atoms with Crippen molar-refractivity contribution in [1.82, 2.24) is 9.55 Å². The third-order valence-electron chi connectivity index (χ3n) is 3.27. The van der Waals surface area contributed by atoms with Crippen LogP contribution >= 0.6 is 15.9 Å². The van der Waals surface area contributed by atoms with Gasteiger partial charge in [0.25, 0.3) is 0 Å². The molecule has 20 heavy (non-hydrogen) atoms. The van der Waals surface area contributed by atoms with Crippen LogP contribution in [-0.4, -0.2) is 9.55 Å². The van der Waals surface area contributed by atoms with Crippen molar-refractivity contribution in [2.45, 2.75) is 0 Å². The van der Waals surface area contributed by atoms with E-state index >= 15 is 0 Å². The van der Waals surface area contributed by atoms with Gasteiger partial charge in [-0.25, -0.2) is 4.98 Å². The molecule has 2 aromatic carbocycles. The molecule has 4 heteroatoms. The summed E-state index contributed by atoms with van der Waals surface area (Å²) in [6, 6.07) is 18.1. The lowest BCUT2D eigenvalue weighted by atomic mass is 10.1. The molecule has 0 radical (unpaired) electrons. The van der Waals surface area contributed by atoms with Crippen molar-refractivity contribution in [2.24, 2.45) is 7.05 Å². The standard InChI is InChI=1S/C16H14BrN3/c1-20-15(18)14(12-8-5-9-13(17)10-12)19-16(20)11-6-3-2-4-7-11/h2-10H,18H2,1H3. The van der Waals surface area contributed by atoms with Gasteiger partial charge in [0.05, 0.1) is 0 Å². The largest absolute Gasteiger partial charge is 0.383 e. The minimum Gasteiger partial charge on any atom is -0.383 e. The maximum Gasteiger partial charge on any atom is 0.142 e. The summed E-state index contributed by atoms with van der Waals surface area (Å²) in [5, 5.41) is 0. The second-order valence-corrected chi connectivity index (χ2v) is 5.52. The zero-order valence-electron chi connectivity index (χ0n) is 11.0. The number of hydrogen-bond donors (Lipinski definition) is 1. The van der Waals surface area contributed by atoms with Gasteiger partial charge < -0.3 is 10.3 Å². The minimum absolute atomic E-state index is 0.668. The number of benzene rings is 2. The highest BCUT2D eigenvalue weighted by Gasteiger charge is 2.14. The Bertz CT molecular complexity index is 748. The molecule has 0 spiro atoms. The van der Waals surface area contributed by atoms with Gasteiger partial charge in [-0.3, -0.25) is 0 Å². The highest BCUT2D eigenvalue weighted by atomic mass is 79.9. The third kappa shape index (κ3) is 2.23. The molecule has 100 valence electrons. The van der Waals surface area contributed by atoms with E-state index in [1.54, 1.807) is 0 Å². The number of rotatable bonds is 2. The van der Waals surface area contributed by atoms with Crippen LogP contribution in [0.15, 0.2) is 59.1 Å². The number of aromatic nitrogens is 2. The summed E-state index contributed by atoms with van der Waals surface area (Å²) in [6.45, 7) is 0. The smallest absolute Gasteiger partial charge is 0.142 e. The van der Waals surface area contributed by atoms with E-state index in [0.717, 1.165) is 27.1 Å². The van der Waals surface area contributed by atoms with Gasteiger partial charge in [-0.15, -0.1) is 0 Å². The summed E-state index contributed by atoms with van der Waals surface area (Å²) in [5.41, 5.74) is 9.09. The summed E-state index contributed by atoms with van der Waals surface area (Å²) in [7, 11) is 1.94. The molecular weight excluding hydrogens is 314 g/mol. The van der Waals surface area contributed by atoms with Gasteiger partial charge in [0.15, 0.2) is 0 Å². The van der Waals surface area contributed by atoms with Gasteiger partial charge in [-0.2, -0.15) is 0 Å². The molecule has 0 fully saturated rings. The van der Waals surface area contributed by atoms with Crippen molar-refractivity contribution in [2.75, 3.05) is 5.73 Å². The molecule has 0 amide bonds.